The second kappa shape index (κ2) is 8.43. The van der Waals surface area contributed by atoms with Gasteiger partial charge in [-0.05, 0) is 49.6 Å². The normalized spacial score (nSPS) is 13.3. The van der Waals surface area contributed by atoms with Crippen LogP contribution in [-0.2, 0) is 11.3 Å². The molecule has 0 saturated heterocycles. The standard InChI is InChI=1S/C20H23ClN2O3/c1-13-3-5-16(6-4-13)23-19(24)12-26-20-17(21)9-14(10-18(20)25-2)11-22-15-7-8-15/h3-6,9-10,15,22H,7-8,11-12H2,1-2H3,(H,23,24). The lowest BCUT2D eigenvalue weighted by Gasteiger charge is -2.14. The molecule has 1 aliphatic rings. The number of amides is 1. The third-order valence-corrected chi connectivity index (χ3v) is 4.43. The van der Waals surface area contributed by atoms with Crippen molar-refractivity contribution in [3.63, 3.8) is 0 Å². The second-order valence-corrected chi connectivity index (χ2v) is 6.87. The van der Waals surface area contributed by atoms with Crippen LogP contribution >= 0.6 is 11.6 Å². The monoisotopic (exact) mass is 374 g/mol. The summed E-state index contributed by atoms with van der Waals surface area (Å²) < 4.78 is 11.0. The number of nitrogens with one attached hydrogen (secondary N) is 2. The fraction of sp³-hybridized carbons (Fsp3) is 0.350. The highest BCUT2D eigenvalue weighted by Gasteiger charge is 2.21. The van der Waals surface area contributed by atoms with Gasteiger partial charge in [0.1, 0.15) is 0 Å². The Hall–Kier alpha value is -2.24. The summed E-state index contributed by atoms with van der Waals surface area (Å²) in [5.74, 6) is 0.642. The summed E-state index contributed by atoms with van der Waals surface area (Å²) in [5, 5.41) is 6.65. The zero-order chi connectivity index (χ0) is 18.5. The summed E-state index contributed by atoms with van der Waals surface area (Å²) in [6.07, 6.45) is 2.45. The van der Waals surface area contributed by atoms with Crippen molar-refractivity contribution < 1.29 is 14.3 Å². The Morgan fingerprint density at radius 2 is 1.96 bits per heavy atom. The van der Waals surface area contributed by atoms with Gasteiger partial charge in [-0.25, -0.2) is 0 Å². The van der Waals surface area contributed by atoms with Crippen molar-refractivity contribution in [3.8, 4) is 11.5 Å². The molecule has 26 heavy (non-hydrogen) atoms. The minimum absolute atomic E-state index is 0.149. The van der Waals surface area contributed by atoms with Gasteiger partial charge in [-0.1, -0.05) is 29.3 Å². The van der Waals surface area contributed by atoms with Crippen molar-refractivity contribution in [2.45, 2.75) is 32.4 Å². The van der Waals surface area contributed by atoms with Gasteiger partial charge in [0.05, 0.1) is 12.1 Å². The Bertz CT molecular complexity index is 773. The van der Waals surface area contributed by atoms with E-state index in [-0.39, 0.29) is 12.5 Å². The van der Waals surface area contributed by atoms with Gasteiger partial charge in [0.25, 0.3) is 5.91 Å². The SMILES string of the molecule is COc1cc(CNC2CC2)cc(Cl)c1OCC(=O)Nc1ccc(C)cc1. The van der Waals surface area contributed by atoms with Crippen LogP contribution in [0.5, 0.6) is 11.5 Å². The van der Waals surface area contributed by atoms with Crippen LogP contribution < -0.4 is 20.1 Å². The number of aryl methyl sites for hydroxylation is 1. The van der Waals surface area contributed by atoms with Gasteiger partial charge in [0.2, 0.25) is 0 Å². The molecule has 0 aliphatic heterocycles. The molecule has 1 fully saturated rings. The van der Waals surface area contributed by atoms with Crippen molar-refractivity contribution in [2.24, 2.45) is 0 Å². The Morgan fingerprint density at radius 3 is 2.62 bits per heavy atom. The maximum atomic E-state index is 12.1. The predicted molar refractivity (Wildman–Crippen MR) is 103 cm³/mol. The first-order chi connectivity index (χ1) is 12.5. The zero-order valence-electron chi connectivity index (χ0n) is 15.0. The Morgan fingerprint density at radius 1 is 1.23 bits per heavy atom. The summed E-state index contributed by atoms with van der Waals surface area (Å²) in [6.45, 7) is 2.57. The number of carbonyl (C=O) groups excluding carboxylic acids is 1. The maximum Gasteiger partial charge on any atom is 0.262 e. The fourth-order valence-electron chi connectivity index (χ4n) is 2.54. The molecule has 0 atom stereocenters. The molecular weight excluding hydrogens is 352 g/mol. The number of halogens is 1. The first-order valence-electron chi connectivity index (χ1n) is 8.64. The third-order valence-electron chi connectivity index (χ3n) is 4.14. The number of hydrogen-bond donors (Lipinski definition) is 2. The minimum Gasteiger partial charge on any atom is -0.493 e. The molecule has 0 bridgehead atoms. The molecule has 5 nitrogen and oxygen atoms in total. The molecule has 2 aromatic carbocycles. The van der Waals surface area contributed by atoms with Crippen LogP contribution in [0, 0.1) is 6.92 Å². The molecule has 6 heteroatoms. The van der Waals surface area contributed by atoms with Crippen LogP contribution in [0.3, 0.4) is 0 Å². The van der Waals surface area contributed by atoms with E-state index in [0.717, 1.165) is 23.4 Å². The average Bonchev–Trinajstić information content (AvgIpc) is 3.45. The van der Waals surface area contributed by atoms with Crippen molar-refractivity contribution >= 4 is 23.2 Å². The van der Waals surface area contributed by atoms with Gasteiger partial charge >= 0.3 is 0 Å². The second-order valence-electron chi connectivity index (χ2n) is 6.47. The first-order valence-corrected chi connectivity index (χ1v) is 9.02. The Kier molecular flexibility index (Phi) is 6.01. The number of methoxy groups -OCH3 is 1. The topological polar surface area (TPSA) is 59.6 Å². The lowest BCUT2D eigenvalue weighted by Crippen LogP contribution is -2.20. The van der Waals surface area contributed by atoms with E-state index >= 15 is 0 Å². The Balaban J connectivity index is 1.60. The fourth-order valence-corrected chi connectivity index (χ4v) is 2.82. The number of anilines is 1. The van der Waals surface area contributed by atoms with E-state index in [1.807, 2.05) is 43.3 Å². The molecule has 0 unspecified atom stereocenters. The molecule has 2 aromatic rings. The van der Waals surface area contributed by atoms with E-state index in [4.69, 9.17) is 21.1 Å². The van der Waals surface area contributed by atoms with E-state index in [9.17, 15) is 4.79 Å². The molecule has 2 N–H and O–H groups in total. The summed E-state index contributed by atoms with van der Waals surface area (Å²) in [6, 6.07) is 11.9. The summed E-state index contributed by atoms with van der Waals surface area (Å²) in [4.78, 5) is 12.1. The van der Waals surface area contributed by atoms with Crippen LogP contribution in [0.25, 0.3) is 0 Å². The molecule has 1 amide bonds. The molecule has 0 radical (unpaired) electrons. The summed E-state index contributed by atoms with van der Waals surface area (Å²) >= 11 is 6.34. The van der Waals surface area contributed by atoms with E-state index in [0.29, 0.717) is 22.6 Å². The predicted octanol–water partition coefficient (Wildman–Crippen LogP) is 3.93. The van der Waals surface area contributed by atoms with Crippen molar-refractivity contribution in [2.75, 3.05) is 19.0 Å². The third kappa shape index (κ3) is 5.13. The smallest absolute Gasteiger partial charge is 0.262 e. The lowest BCUT2D eigenvalue weighted by molar-refractivity contribution is -0.118. The van der Waals surface area contributed by atoms with Crippen LogP contribution in [0.2, 0.25) is 5.02 Å². The maximum absolute atomic E-state index is 12.1. The van der Waals surface area contributed by atoms with Crippen LogP contribution in [0.15, 0.2) is 36.4 Å². The van der Waals surface area contributed by atoms with E-state index in [2.05, 4.69) is 10.6 Å². The largest absolute Gasteiger partial charge is 0.493 e. The number of ether oxygens (including phenoxy) is 2. The summed E-state index contributed by atoms with van der Waals surface area (Å²) in [5.41, 5.74) is 2.88. The van der Waals surface area contributed by atoms with Crippen molar-refractivity contribution in [1.29, 1.82) is 0 Å². The van der Waals surface area contributed by atoms with Crippen molar-refractivity contribution in [1.82, 2.24) is 5.32 Å². The van der Waals surface area contributed by atoms with Crippen molar-refractivity contribution in [3.05, 3.63) is 52.5 Å². The van der Waals surface area contributed by atoms with Gasteiger partial charge in [0.15, 0.2) is 18.1 Å². The Labute approximate surface area is 158 Å². The van der Waals surface area contributed by atoms with E-state index in [1.165, 1.54) is 12.8 Å². The quantitative estimate of drug-likeness (QED) is 0.735. The number of hydrogen-bond acceptors (Lipinski definition) is 4. The molecule has 1 saturated carbocycles. The molecular formula is C20H23ClN2O3. The van der Waals surface area contributed by atoms with E-state index < -0.39 is 0 Å². The first kappa shape index (κ1) is 18.5. The van der Waals surface area contributed by atoms with Gasteiger partial charge in [0, 0.05) is 18.3 Å². The van der Waals surface area contributed by atoms with Crippen LogP contribution in [0.1, 0.15) is 24.0 Å². The van der Waals surface area contributed by atoms with Gasteiger partial charge in [-0.15, -0.1) is 0 Å². The average molecular weight is 375 g/mol. The van der Waals surface area contributed by atoms with Crippen LogP contribution in [0.4, 0.5) is 5.69 Å². The van der Waals surface area contributed by atoms with Crippen LogP contribution in [-0.4, -0.2) is 25.7 Å². The molecule has 138 valence electrons. The molecule has 0 spiro atoms. The highest BCUT2D eigenvalue weighted by atomic mass is 35.5. The minimum atomic E-state index is -0.258. The summed E-state index contributed by atoms with van der Waals surface area (Å²) in [7, 11) is 1.56. The zero-order valence-corrected chi connectivity index (χ0v) is 15.7. The highest BCUT2D eigenvalue weighted by molar-refractivity contribution is 6.32. The van der Waals surface area contributed by atoms with Gasteiger partial charge < -0.3 is 20.1 Å². The molecule has 0 heterocycles. The van der Waals surface area contributed by atoms with Gasteiger partial charge in [-0.3, -0.25) is 4.79 Å². The van der Waals surface area contributed by atoms with E-state index in [1.54, 1.807) is 7.11 Å². The highest BCUT2D eigenvalue weighted by Crippen LogP contribution is 2.36. The molecule has 0 aromatic heterocycles. The lowest BCUT2D eigenvalue weighted by atomic mass is 10.2. The number of benzene rings is 2. The number of rotatable bonds is 8. The number of carbonyl (C=O) groups is 1. The molecule has 3 rings (SSSR count). The van der Waals surface area contributed by atoms with Gasteiger partial charge in [-0.2, -0.15) is 0 Å². The molecule has 1 aliphatic carbocycles.